The Morgan fingerprint density at radius 1 is 0.784 bits per heavy atom. The average Bonchev–Trinajstić information content (AvgIpc) is 3.39. The van der Waals surface area contributed by atoms with Gasteiger partial charge in [-0.25, -0.2) is 4.90 Å². The summed E-state index contributed by atoms with van der Waals surface area (Å²) < 4.78 is 5.45. The summed E-state index contributed by atoms with van der Waals surface area (Å²) in [6, 6.07) is 12.5. The van der Waals surface area contributed by atoms with Gasteiger partial charge in [0.1, 0.15) is 5.75 Å². The smallest absolute Gasteiger partial charge is 0.316 e. The number of ether oxygens (including phenoxy) is 1. The molecule has 0 N–H and O–H groups in total. The zero-order valence-electron chi connectivity index (χ0n) is 18.4. The molecular formula is C25H13Cl5N2O5. The Morgan fingerprint density at radius 3 is 1.92 bits per heavy atom. The SMILES string of the molecule is O=C(Oc1ccc(N2C(=O)c3c(Cl)c(Cl)c(Cl)c(Cl)c3C2=O)cc1)[C@@H]1CC(=O)N(c2ccccc2Cl)C1. The van der Waals surface area contributed by atoms with E-state index in [-0.39, 0.29) is 61.5 Å². The third-order valence-electron chi connectivity index (χ3n) is 6.02. The Bertz CT molecular complexity index is 1460. The third-order valence-corrected chi connectivity index (χ3v) is 8.14. The lowest BCUT2D eigenvalue weighted by molar-refractivity contribution is -0.139. The summed E-state index contributed by atoms with van der Waals surface area (Å²) in [7, 11) is 0. The van der Waals surface area contributed by atoms with Gasteiger partial charge in [-0.3, -0.25) is 19.2 Å². The fourth-order valence-corrected chi connectivity index (χ4v) is 5.47. The summed E-state index contributed by atoms with van der Waals surface area (Å²) >= 11 is 30.6. The van der Waals surface area contributed by atoms with Crippen LogP contribution in [0.1, 0.15) is 27.1 Å². The van der Waals surface area contributed by atoms with Crippen molar-refractivity contribution in [1.29, 1.82) is 0 Å². The quantitative estimate of drug-likeness (QED) is 0.110. The number of anilines is 2. The zero-order valence-corrected chi connectivity index (χ0v) is 22.2. The molecule has 1 saturated heterocycles. The van der Waals surface area contributed by atoms with Gasteiger partial charge in [0.2, 0.25) is 5.91 Å². The second-order valence-electron chi connectivity index (χ2n) is 8.22. The van der Waals surface area contributed by atoms with E-state index >= 15 is 0 Å². The van der Waals surface area contributed by atoms with Crippen molar-refractivity contribution in [3.05, 3.63) is 84.8 Å². The Morgan fingerprint density at radius 2 is 1.35 bits per heavy atom. The monoisotopic (exact) mass is 596 g/mol. The zero-order chi connectivity index (χ0) is 26.6. The van der Waals surface area contributed by atoms with Gasteiger partial charge in [-0.2, -0.15) is 0 Å². The first-order valence-corrected chi connectivity index (χ1v) is 12.6. The van der Waals surface area contributed by atoms with Gasteiger partial charge in [0, 0.05) is 13.0 Å². The van der Waals surface area contributed by atoms with Crippen LogP contribution in [0.25, 0.3) is 0 Å². The summed E-state index contributed by atoms with van der Waals surface area (Å²) in [5, 5.41) is -0.198. The van der Waals surface area contributed by atoms with Gasteiger partial charge < -0.3 is 9.64 Å². The lowest BCUT2D eigenvalue weighted by Crippen LogP contribution is -2.29. The van der Waals surface area contributed by atoms with Gasteiger partial charge >= 0.3 is 5.97 Å². The van der Waals surface area contributed by atoms with E-state index in [1.165, 1.54) is 29.2 Å². The summed E-state index contributed by atoms with van der Waals surface area (Å²) in [4.78, 5) is 53.6. The number of carbonyl (C=O) groups is 4. The van der Waals surface area contributed by atoms with Crippen LogP contribution in [-0.4, -0.2) is 30.2 Å². The molecule has 7 nitrogen and oxygen atoms in total. The molecule has 3 amide bonds. The predicted octanol–water partition coefficient (Wildman–Crippen LogP) is 6.71. The molecule has 1 fully saturated rings. The molecule has 1 atom stereocenters. The summed E-state index contributed by atoms with van der Waals surface area (Å²) in [6.45, 7) is 0.126. The minimum Gasteiger partial charge on any atom is -0.426 e. The van der Waals surface area contributed by atoms with Crippen LogP contribution in [0.4, 0.5) is 11.4 Å². The Hall–Kier alpha value is -2.81. The molecule has 3 aromatic rings. The van der Waals surface area contributed by atoms with E-state index in [9.17, 15) is 19.2 Å². The number of rotatable bonds is 4. The van der Waals surface area contributed by atoms with Crippen molar-refractivity contribution >= 4 is 93.1 Å². The van der Waals surface area contributed by atoms with E-state index in [2.05, 4.69) is 0 Å². The first-order chi connectivity index (χ1) is 17.6. The first-order valence-electron chi connectivity index (χ1n) is 10.7. The van der Waals surface area contributed by atoms with E-state index in [1.54, 1.807) is 24.3 Å². The fraction of sp³-hybridized carbons (Fsp3) is 0.120. The predicted molar refractivity (Wildman–Crippen MR) is 142 cm³/mol. The normalized spacial score (nSPS) is 17.0. The highest BCUT2D eigenvalue weighted by Crippen LogP contribution is 2.45. The van der Waals surface area contributed by atoms with Crippen molar-refractivity contribution in [3.63, 3.8) is 0 Å². The number of hydrogen-bond donors (Lipinski definition) is 0. The molecule has 37 heavy (non-hydrogen) atoms. The van der Waals surface area contributed by atoms with E-state index in [0.717, 1.165) is 4.90 Å². The van der Waals surface area contributed by atoms with Crippen LogP contribution < -0.4 is 14.5 Å². The molecule has 0 unspecified atom stereocenters. The van der Waals surface area contributed by atoms with Gasteiger partial charge in [0.25, 0.3) is 11.8 Å². The van der Waals surface area contributed by atoms with Crippen LogP contribution >= 0.6 is 58.0 Å². The molecule has 0 aliphatic carbocycles. The molecular weight excluding hydrogens is 586 g/mol. The highest BCUT2D eigenvalue weighted by molar-refractivity contribution is 6.56. The van der Waals surface area contributed by atoms with Crippen LogP contribution in [0.5, 0.6) is 5.75 Å². The lowest BCUT2D eigenvalue weighted by Gasteiger charge is -2.18. The molecule has 0 spiro atoms. The summed E-state index contributed by atoms with van der Waals surface area (Å²) in [5.41, 5.74) is 0.426. The van der Waals surface area contributed by atoms with Crippen LogP contribution in [0.15, 0.2) is 48.5 Å². The maximum Gasteiger partial charge on any atom is 0.316 e. The maximum atomic E-state index is 13.0. The van der Waals surface area contributed by atoms with Crippen molar-refractivity contribution in [2.75, 3.05) is 16.3 Å². The number of hydrogen-bond acceptors (Lipinski definition) is 5. The number of amides is 3. The van der Waals surface area contributed by atoms with Gasteiger partial charge in [0.15, 0.2) is 0 Å². The fourth-order valence-electron chi connectivity index (χ4n) is 4.22. The molecule has 3 aromatic carbocycles. The van der Waals surface area contributed by atoms with Crippen LogP contribution in [0.3, 0.4) is 0 Å². The number of nitrogens with zero attached hydrogens (tertiary/aromatic N) is 2. The number of carbonyl (C=O) groups excluding carboxylic acids is 4. The van der Waals surface area contributed by atoms with Crippen LogP contribution in [-0.2, 0) is 9.59 Å². The summed E-state index contributed by atoms with van der Waals surface area (Å²) in [6.07, 6.45) is -0.0240. The van der Waals surface area contributed by atoms with E-state index < -0.39 is 23.7 Å². The molecule has 2 heterocycles. The standard InChI is InChI=1S/C25H13Cl5N2O5/c26-14-3-1-2-4-15(14)31-10-11(9-16(31)33)25(36)37-13-7-5-12(6-8-13)32-23(34)17-18(24(32)35)20(28)22(30)21(29)19(17)27/h1-8,11H,9-10H2/t11-/m1/s1. The number of para-hydroxylation sites is 1. The molecule has 0 saturated carbocycles. The average molecular weight is 599 g/mol. The second-order valence-corrected chi connectivity index (χ2v) is 10.1. The second kappa shape index (κ2) is 9.82. The highest BCUT2D eigenvalue weighted by atomic mass is 35.5. The number of esters is 1. The van der Waals surface area contributed by atoms with Crippen molar-refractivity contribution in [2.45, 2.75) is 6.42 Å². The molecule has 0 radical (unpaired) electrons. The Balaban J connectivity index is 1.32. The number of halogens is 5. The van der Waals surface area contributed by atoms with Crippen molar-refractivity contribution in [3.8, 4) is 5.75 Å². The van der Waals surface area contributed by atoms with Gasteiger partial charge in [0.05, 0.1) is 53.5 Å². The van der Waals surface area contributed by atoms with Gasteiger partial charge in [-0.1, -0.05) is 70.1 Å². The molecule has 0 aromatic heterocycles. The highest BCUT2D eigenvalue weighted by Gasteiger charge is 2.42. The first kappa shape index (κ1) is 25.8. The van der Waals surface area contributed by atoms with Crippen molar-refractivity contribution in [1.82, 2.24) is 0 Å². The van der Waals surface area contributed by atoms with Gasteiger partial charge in [-0.15, -0.1) is 0 Å². The van der Waals surface area contributed by atoms with Gasteiger partial charge in [-0.05, 0) is 36.4 Å². The third kappa shape index (κ3) is 4.35. The van der Waals surface area contributed by atoms with E-state index in [0.29, 0.717) is 10.7 Å². The Kier molecular flexibility index (Phi) is 6.85. The number of fused-ring (bicyclic) bond motifs is 1. The molecule has 12 heteroatoms. The van der Waals surface area contributed by atoms with Crippen LogP contribution in [0, 0.1) is 5.92 Å². The topological polar surface area (TPSA) is 84.0 Å². The van der Waals surface area contributed by atoms with Crippen molar-refractivity contribution in [2.24, 2.45) is 5.92 Å². The minimum absolute atomic E-state index is 0.0240. The maximum absolute atomic E-state index is 13.0. The molecule has 2 aliphatic heterocycles. The van der Waals surface area contributed by atoms with Crippen molar-refractivity contribution < 1.29 is 23.9 Å². The molecule has 188 valence electrons. The van der Waals surface area contributed by atoms with E-state index in [1.807, 2.05) is 0 Å². The van der Waals surface area contributed by atoms with Crippen LogP contribution in [0.2, 0.25) is 25.1 Å². The number of benzene rings is 3. The van der Waals surface area contributed by atoms with E-state index in [4.69, 9.17) is 62.7 Å². The number of imide groups is 1. The molecule has 2 aliphatic rings. The molecule has 5 rings (SSSR count). The molecule has 0 bridgehead atoms. The lowest BCUT2D eigenvalue weighted by atomic mass is 10.1. The largest absolute Gasteiger partial charge is 0.426 e. The summed E-state index contributed by atoms with van der Waals surface area (Å²) in [5.74, 6) is -2.82. The Labute approximate surface area is 235 Å². The minimum atomic E-state index is -0.723.